The summed E-state index contributed by atoms with van der Waals surface area (Å²) in [5, 5.41) is 4.26. The highest BCUT2D eigenvalue weighted by atomic mass is 35.5. The second kappa shape index (κ2) is 7.39. The van der Waals surface area contributed by atoms with Gasteiger partial charge in [0, 0.05) is 29.3 Å². The summed E-state index contributed by atoms with van der Waals surface area (Å²) < 4.78 is 10.6. The van der Waals surface area contributed by atoms with E-state index in [0.717, 1.165) is 22.6 Å². The predicted octanol–water partition coefficient (Wildman–Crippen LogP) is 4.43. The van der Waals surface area contributed by atoms with Crippen molar-refractivity contribution in [2.24, 2.45) is 0 Å². The summed E-state index contributed by atoms with van der Waals surface area (Å²) in [4.78, 5) is 4.10. The fraction of sp³-hybridized carbons (Fsp3) is 0.353. The maximum atomic E-state index is 6.22. The molecule has 1 aromatic heterocycles. The van der Waals surface area contributed by atoms with Crippen molar-refractivity contribution in [3.8, 4) is 11.5 Å². The summed E-state index contributed by atoms with van der Waals surface area (Å²) in [5.74, 6) is 1.53. The molecule has 2 aromatic rings. The highest BCUT2D eigenvalue weighted by molar-refractivity contribution is 6.32. The number of nitrogens with one attached hydrogen (secondary N) is 1. The van der Waals surface area contributed by atoms with E-state index in [1.165, 1.54) is 0 Å². The van der Waals surface area contributed by atoms with E-state index in [1.54, 1.807) is 20.3 Å². The van der Waals surface area contributed by atoms with Crippen LogP contribution in [0.3, 0.4) is 0 Å². The molecule has 0 atom stereocenters. The number of methoxy groups -OCH3 is 2. The van der Waals surface area contributed by atoms with Crippen molar-refractivity contribution < 1.29 is 9.47 Å². The number of nitrogens with zero attached hydrogens (tertiary/aromatic N) is 1. The summed E-state index contributed by atoms with van der Waals surface area (Å²) in [6.07, 6.45) is 0. The third kappa shape index (κ3) is 4.28. The SMILES string of the molecule is COc1ccc(CNC(C)(C)c2ccc(Cl)nc2Cl)c(OC)c1. The van der Waals surface area contributed by atoms with Crippen molar-refractivity contribution in [3.63, 3.8) is 0 Å². The fourth-order valence-electron chi connectivity index (χ4n) is 2.29. The Kier molecular flexibility index (Phi) is 5.74. The van der Waals surface area contributed by atoms with E-state index in [2.05, 4.69) is 10.3 Å². The number of halogens is 2. The van der Waals surface area contributed by atoms with Crippen LogP contribution in [0.2, 0.25) is 10.3 Å². The van der Waals surface area contributed by atoms with Gasteiger partial charge in [0.25, 0.3) is 0 Å². The molecule has 0 aliphatic heterocycles. The average Bonchev–Trinajstić information content (AvgIpc) is 2.52. The average molecular weight is 355 g/mol. The molecule has 0 aliphatic carbocycles. The van der Waals surface area contributed by atoms with E-state index in [4.69, 9.17) is 32.7 Å². The summed E-state index contributed by atoms with van der Waals surface area (Å²) >= 11 is 12.1. The van der Waals surface area contributed by atoms with E-state index in [1.807, 2.05) is 38.1 Å². The molecule has 0 aliphatic rings. The van der Waals surface area contributed by atoms with Gasteiger partial charge in [-0.15, -0.1) is 0 Å². The normalized spacial score (nSPS) is 11.4. The Hall–Kier alpha value is -1.49. The van der Waals surface area contributed by atoms with Gasteiger partial charge in [0.2, 0.25) is 0 Å². The van der Waals surface area contributed by atoms with Crippen LogP contribution in [0.1, 0.15) is 25.0 Å². The summed E-state index contributed by atoms with van der Waals surface area (Å²) in [6.45, 7) is 4.69. The van der Waals surface area contributed by atoms with Crippen LogP contribution in [0.25, 0.3) is 0 Å². The molecule has 0 fully saturated rings. The van der Waals surface area contributed by atoms with Gasteiger partial charge in [0.05, 0.1) is 14.2 Å². The molecular weight excluding hydrogens is 335 g/mol. The van der Waals surface area contributed by atoms with E-state index >= 15 is 0 Å². The van der Waals surface area contributed by atoms with Crippen LogP contribution in [0.4, 0.5) is 0 Å². The number of hydrogen-bond acceptors (Lipinski definition) is 4. The molecule has 1 aromatic carbocycles. The number of aromatic nitrogens is 1. The lowest BCUT2D eigenvalue weighted by molar-refractivity contribution is 0.374. The third-order valence-corrected chi connectivity index (χ3v) is 4.20. The molecule has 0 saturated heterocycles. The minimum Gasteiger partial charge on any atom is -0.497 e. The Balaban J connectivity index is 2.18. The highest BCUT2D eigenvalue weighted by Gasteiger charge is 2.24. The van der Waals surface area contributed by atoms with Crippen LogP contribution in [0.5, 0.6) is 11.5 Å². The monoisotopic (exact) mass is 354 g/mol. The number of ether oxygens (including phenoxy) is 2. The zero-order valence-corrected chi connectivity index (χ0v) is 15.1. The van der Waals surface area contributed by atoms with Crippen LogP contribution >= 0.6 is 23.2 Å². The molecule has 0 amide bonds. The molecule has 1 N–H and O–H groups in total. The molecule has 0 saturated carbocycles. The van der Waals surface area contributed by atoms with E-state index in [9.17, 15) is 0 Å². The molecule has 1 heterocycles. The van der Waals surface area contributed by atoms with Gasteiger partial charge in [-0.25, -0.2) is 4.98 Å². The third-order valence-electron chi connectivity index (χ3n) is 3.70. The Labute approximate surface area is 146 Å². The van der Waals surface area contributed by atoms with Gasteiger partial charge in [0.1, 0.15) is 21.8 Å². The Bertz CT molecular complexity index is 690. The second-order valence-electron chi connectivity index (χ2n) is 5.63. The standard InChI is InChI=1S/C17H20Cl2N2O2/c1-17(2,13-7-8-15(18)21-16(13)19)20-10-11-5-6-12(22-3)9-14(11)23-4/h5-9,20H,10H2,1-4H3. The maximum Gasteiger partial charge on any atom is 0.135 e. The number of hydrogen-bond donors (Lipinski definition) is 1. The summed E-state index contributed by atoms with van der Waals surface area (Å²) in [5.41, 5.74) is 1.54. The summed E-state index contributed by atoms with van der Waals surface area (Å²) in [6, 6.07) is 9.36. The minimum absolute atomic E-state index is 0.375. The first-order valence-electron chi connectivity index (χ1n) is 7.16. The first-order valence-corrected chi connectivity index (χ1v) is 7.91. The van der Waals surface area contributed by atoms with Gasteiger partial charge in [0.15, 0.2) is 0 Å². The van der Waals surface area contributed by atoms with E-state index in [0.29, 0.717) is 16.9 Å². The van der Waals surface area contributed by atoms with Gasteiger partial charge in [-0.3, -0.25) is 0 Å². The molecule has 2 rings (SSSR count). The van der Waals surface area contributed by atoms with Crippen molar-refractivity contribution in [1.82, 2.24) is 10.3 Å². The Morgan fingerprint density at radius 3 is 2.43 bits per heavy atom. The van der Waals surface area contributed by atoms with Crippen LogP contribution in [0.15, 0.2) is 30.3 Å². The molecule has 4 nitrogen and oxygen atoms in total. The summed E-state index contributed by atoms with van der Waals surface area (Å²) in [7, 11) is 3.27. The fourth-order valence-corrected chi connectivity index (χ4v) is 2.87. The molecule has 6 heteroatoms. The zero-order valence-electron chi connectivity index (χ0n) is 13.6. The largest absolute Gasteiger partial charge is 0.497 e. The minimum atomic E-state index is -0.375. The molecule has 0 bridgehead atoms. The van der Waals surface area contributed by atoms with Crippen molar-refractivity contribution in [2.75, 3.05) is 14.2 Å². The molecular formula is C17H20Cl2N2O2. The topological polar surface area (TPSA) is 43.4 Å². The lowest BCUT2D eigenvalue weighted by Crippen LogP contribution is -2.36. The van der Waals surface area contributed by atoms with Crippen LogP contribution in [-0.4, -0.2) is 19.2 Å². The van der Waals surface area contributed by atoms with Gasteiger partial charge in [-0.1, -0.05) is 35.3 Å². The quantitative estimate of drug-likeness (QED) is 0.779. The van der Waals surface area contributed by atoms with Gasteiger partial charge >= 0.3 is 0 Å². The number of benzene rings is 1. The first kappa shape index (κ1) is 17.9. The lowest BCUT2D eigenvalue weighted by atomic mass is 9.95. The van der Waals surface area contributed by atoms with Crippen LogP contribution in [0, 0.1) is 0 Å². The van der Waals surface area contributed by atoms with Crippen molar-refractivity contribution in [2.45, 2.75) is 25.9 Å². The van der Waals surface area contributed by atoms with Gasteiger partial charge in [-0.2, -0.15) is 0 Å². The lowest BCUT2D eigenvalue weighted by Gasteiger charge is -2.28. The molecule has 124 valence electrons. The van der Waals surface area contributed by atoms with Crippen molar-refractivity contribution >= 4 is 23.2 Å². The highest BCUT2D eigenvalue weighted by Crippen LogP contribution is 2.30. The zero-order chi connectivity index (χ0) is 17.0. The molecule has 23 heavy (non-hydrogen) atoms. The van der Waals surface area contributed by atoms with Crippen molar-refractivity contribution in [1.29, 1.82) is 0 Å². The van der Waals surface area contributed by atoms with Gasteiger partial charge in [-0.05, 0) is 26.0 Å². The van der Waals surface area contributed by atoms with Crippen LogP contribution in [-0.2, 0) is 12.1 Å². The number of rotatable bonds is 6. The molecule has 0 unspecified atom stereocenters. The molecule has 0 radical (unpaired) electrons. The maximum absolute atomic E-state index is 6.22. The van der Waals surface area contributed by atoms with Crippen molar-refractivity contribution in [3.05, 3.63) is 51.8 Å². The Morgan fingerprint density at radius 1 is 1.09 bits per heavy atom. The molecule has 0 spiro atoms. The predicted molar refractivity (Wildman–Crippen MR) is 93.7 cm³/mol. The smallest absolute Gasteiger partial charge is 0.135 e. The van der Waals surface area contributed by atoms with Gasteiger partial charge < -0.3 is 14.8 Å². The van der Waals surface area contributed by atoms with E-state index in [-0.39, 0.29) is 5.54 Å². The van der Waals surface area contributed by atoms with E-state index < -0.39 is 0 Å². The number of pyridine rings is 1. The second-order valence-corrected chi connectivity index (χ2v) is 6.37. The first-order chi connectivity index (χ1) is 10.9. The van der Waals surface area contributed by atoms with Crippen LogP contribution < -0.4 is 14.8 Å². The Morgan fingerprint density at radius 2 is 1.83 bits per heavy atom.